The van der Waals surface area contributed by atoms with Crippen LogP contribution in [0.1, 0.15) is 19.3 Å². The first-order chi connectivity index (χ1) is 19.3. The highest BCUT2D eigenvalue weighted by Crippen LogP contribution is 1.97. The molecular weight excluding hydrogens is 550 g/mol. The van der Waals surface area contributed by atoms with Crippen LogP contribution < -0.4 is 6.15 Å². The highest BCUT2D eigenvalue weighted by atomic mass is 35.5. The number of rotatable bonds is 34. The van der Waals surface area contributed by atoms with Crippen molar-refractivity contribution >= 4 is 17.4 Å². The lowest BCUT2D eigenvalue weighted by Crippen LogP contribution is -2.14. The van der Waals surface area contributed by atoms with E-state index in [1.165, 1.54) is 0 Å². The van der Waals surface area contributed by atoms with E-state index < -0.39 is 0 Å². The van der Waals surface area contributed by atoms with Gasteiger partial charge in [0.15, 0.2) is 0 Å². The molecule has 0 aliphatic carbocycles. The molecule has 0 unspecified atom stereocenters. The molecule has 0 radical (unpaired) electrons. The van der Waals surface area contributed by atoms with Crippen molar-refractivity contribution in [2.75, 3.05) is 138 Å². The fourth-order valence-corrected chi connectivity index (χ4v) is 2.84. The molecule has 13 heteroatoms. The molecule has 0 saturated heterocycles. The highest BCUT2D eigenvalue weighted by Gasteiger charge is 2.02. The van der Waals surface area contributed by atoms with E-state index in [-0.39, 0.29) is 11.9 Å². The number of hydrogen-bond donors (Lipinski definition) is 1. The van der Waals surface area contributed by atoms with Gasteiger partial charge in [0, 0.05) is 25.3 Å². The predicted octanol–water partition coefficient (Wildman–Crippen LogP) is 1.93. The van der Waals surface area contributed by atoms with E-state index in [0.29, 0.717) is 157 Å². The molecule has 0 bridgehead atoms. The number of terminal acetylenes is 1. The van der Waals surface area contributed by atoms with Crippen LogP contribution in [-0.4, -0.2) is 144 Å². The number of halogens is 1. The number of carbonyl (C=O) groups excluding carboxylic acids is 1. The molecule has 0 atom stereocenters. The molecule has 0 aromatic carbocycles. The van der Waals surface area contributed by atoms with Crippen LogP contribution in [0.4, 0.5) is 0 Å². The van der Waals surface area contributed by atoms with Gasteiger partial charge in [-0.25, -0.2) is 0 Å². The van der Waals surface area contributed by atoms with Crippen LogP contribution in [0.2, 0.25) is 0 Å². The van der Waals surface area contributed by atoms with Crippen LogP contribution in [0.25, 0.3) is 0 Å². The largest absolute Gasteiger partial charge is 0.379 e. The number of hydrogen-bond acceptors (Lipinski definition) is 12. The van der Waals surface area contributed by atoms with Gasteiger partial charge in [0.05, 0.1) is 119 Å². The second-order valence-electron chi connectivity index (χ2n) is 7.85. The fourth-order valence-electron chi connectivity index (χ4n) is 2.73. The fraction of sp³-hybridized carbons (Fsp3) is 0.889. The molecule has 0 aliphatic rings. The first kappa shape index (κ1) is 41.2. The quantitative estimate of drug-likeness (QED) is 0.0653. The monoisotopic (exact) mass is 601 g/mol. The number of ketones is 1. The summed E-state index contributed by atoms with van der Waals surface area (Å²) in [6.45, 7) is 9.70. The van der Waals surface area contributed by atoms with E-state index in [4.69, 9.17) is 65.4 Å². The van der Waals surface area contributed by atoms with Crippen molar-refractivity contribution in [3.63, 3.8) is 0 Å². The molecule has 0 rings (SSSR count). The van der Waals surface area contributed by atoms with E-state index in [1.807, 2.05) is 0 Å². The summed E-state index contributed by atoms with van der Waals surface area (Å²) in [7, 11) is 0. The zero-order chi connectivity index (χ0) is 28.3. The maximum Gasteiger partial charge on any atom is 0.135 e. The lowest BCUT2D eigenvalue weighted by molar-refractivity contribution is -0.120. The van der Waals surface area contributed by atoms with Crippen molar-refractivity contribution in [1.29, 1.82) is 0 Å². The summed E-state index contributed by atoms with van der Waals surface area (Å²) in [6.07, 6.45) is 6.63. The van der Waals surface area contributed by atoms with Crippen LogP contribution in [0.5, 0.6) is 0 Å². The molecule has 0 amide bonds. The molecule has 3 N–H and O–H groups in total. The Balaban J connectivity index is 0. The van der Waals surface area contributed by atoms with E-state index in [1.54, 1.807) is 0 Å². The molecule has 0 aliphatic heterocycles. The van der Waals surface area contributed by atoms with E-state index in [9.17, 15) is 4.79 Å². The Hall–Kier alpha value is -0.920. The van der Waals surface area contributed by atoms with Crippen LogP contribution in [0, 0.1) is 12.3 Å². The minimum atomic E-state index is 0. The van der Waals surface area contributed by atoms with Gasteiger partial charge in [-0.15, -0.1) is 18.0 Å². The van der Waals surface area contributed by atoms with Gasteiger partial charge in [-0.1, -0.05) is 5.92 Å². The van der Waals surface area contributed by atoms with Crippen LogP contribution >= 0.6 is 11.6 Å². The summed E-state index contributed by atoms with van der Waals surface area (Å²) in [5.74, 6) is 3.05. The Morgan fingerprint density at radius 1 is 0.475 bits per heavy atom. The van der Waals surface area contributed by atoms with E-state index in [2.05, 4.69) is 5.92 Å². The molecule has 12 nitrogen and oxygen atoms in total. The topological polar surface area (TPSA) is 144 Å². The summed E-state index contributed by atoms with van der Waals surface area (Å²) >= 11 is 5.50. The summed E-state index contributed by atoms with van der Waals surface area (Å²) in [6, 6.07) is 0. The maximum absolute atomic E-state index is 11.9. The average Bonchev–Trinajstić information content (AvgIpc) is 2.94. The Labute approximate surface area is 245 Å². The first-order valence-corrected chi connectivity index (χ1v) is 14.1. The van der Waals surface area contributed by atoms with Crippen LogP contribution in [0.15, 0.2) is 0 Å². The maximum atomic E-state index is 11.9. The number of alkyl halides is 1. The van der Waals surface area contributed by atoms with Crippen LogP contribution in [0.3, 0.4) is 0 Å². The normalized spacial score (nSPS) is 10.9. The standard InChI is InChI=1S/C27H49ClO11.H3N/c1-2-7-30-11-15-34-19-23-38-25-21-36-17-13-32-9-5-27(29)4-3-8-31-12-16-35-20-24-39-26-22-37-18-14-33-10-6-28;/h1H,3-26H2;1H3. The van der Waals surface area contributed by atoms with Crippen molar-refractivity contribution in [3.05, 3.63) is 0 Å². The van der Waals surface area contributed by atoms with Crippen molar-refractivity contribution in [2.45, 2.75) is 19.3 Å². The molecule has 0 spiro atoms. The Bertz CT molecular complexity index is 541. The summed E-state index contributed by atoms with van der Waals surface area (Å²) in [4.78, 5) is 11.9. The number of Topliss-reactive ketones (excluding diaryl/α,β-unsaturated/α-hetero) is 1. The van der Waals surface area contributed by atoms with Gasteiger partial charge < -0.3 is 53.5 Å². The van der Waals surface area contributed by atoms with Crippen molar-refractivity contribution < 1.29 is 52.2 Å². The van der Waals surface area contributed by atoms with E-state index >= 15 is 0 Å². The number of ether oxygens (including phenoxy) is 10. The predicted molar refractivity (Wildman–Crippen MR) is 152 cm³/mol. The second-order valence-corrected chi connectivity index (χ2v) is 8.23. The molecule has 0 fully saturated rings. The second kappa shape index (κ2) is 38.1. The zero-order valence-corrected chi connectivity index (χ0v) is 24.9. The molecule has 238 valence electrons. The third kappa shape index (κ3) is 37.1. The molecule has 0 saturated carbocycles. The molecule has 0 heterocycles. The third-order valence-corrected chi connectivity index (χ3v) is 4.81. The highest BCUT2D eigenvalue weighted by molar-refractivity contribution is 6.17. The van der Waals surface area contributed by atoms with Crippen molar-refractivity contribution in [2.24, 2.45) is 0 Å². The Morgan fingerprint density at radius 3 is 1.18 bits per heavy atom. The zero-order valence-electron chi connectivity index (χ0n) is 24.1. The van der Waals surface area contributed by atoms with Gasteiger partial charge in [-0.2, -0.15) is 0 Å². The summed E-state index contributed by atoms with van der Waals surface area (Å²) in [5, 5.41) is 0. The minimum Gasteiger partial charge on any atom is -0.379 e. The molecular formula is C27H52ClNO11. The number of carbonyl (C=O) groups is 1. The van der Waals surface area contributed by atoms with Crippen molar-refractivity contribution in [3.8, 4) is 12.3 Å². The summed E-state index contributed by atoms with van der Waals surface area (Å²) in [5.41, 5.74) is 0. The molecule has 40 heavy (non-hydrogen) atoms. The Morgan fingerprint density at radius 2 is 0.800 bits per heavy atom. The van der Waals surface area contributed by atoms with Crippen molar-refractivity contribution in [1.82, 2.24) is 6.15 Å². The first-order valence-electron chi connectivity index (χ1n) is 13.6. The lowest BCUT2D eigenvalue weighted by Gasteiger charge is -2.08. The molecule has 0 aromatic heterocycles. The lowest BCUT2D eigenvalue weighted by atomic mass is 10.2. The van der Waals surface area contributed by atoms with Gasteiger partial charge in [-0.05, 0) is 6.42 Å². The average molecular weight is 602 g/mol. The SMILES string of the molecule is C#CCOCCOCCOCCOCCOCCC(=O)CCCOCCOCCOCCOCCOCCCl.N. The van der Waals surface area contributed by atoms with Gasteiger partial charge in [0.1, 0.15) is 12.4 Å². The molecule has 0 aromatic rings. The van der Waals surface area contributed by atoms with Gasteiger partial charge in [0.25, 0.3) is 0 Å². The summed E-state index contributed by atoms with van der Waals surface area (Å²) < 4.78 is 53.5. The third-order valence-electron chi connectivity index (χ3n) is 4.65. The van der Waals surface area contributed by atoms with E-state index in [0.717, 1.165) is 0 Å². The van der Waals surface area contributed by atoms with Gasteiger partial charge >= 0.3 is 0 Å². The van der Waals surface area contributed by atoms with Gasteiger partial charge in [0.2, 0.25) is 0 Å². The minimum absolute atomic E-state index is 0. The smallest absolute Gasteiger partial charge is 0.135 e. The van der Waals surface area contributed by atoms with Gasteiger partial charge in [-0.3, -0.25) is 4.79 Å². The van der Waals surface area contributed by atoms with Crippen LogP contribution in [-0.2, 0) is 52.2 Å². The Kier molecular flexibility index (Phi) is 39.2.